The summed E-state index contributed by atoms with van der Waals surface area (Å²) in [5.74, 6) is -0.226. The highest BCUT2D eigenvalue weighted by molar-refractivity contribution is 9.11. The van der Waals surface area contributed by atoms with E-state index in [9.17, 15) is 24.4 Å². The molecule has 0 spiro atoms. The van der Waals surface area contributed by atoms with Gasteiger partial charge < -0.3 is 10.0 Å². The molecule has 0 saturated heterocycles. The maximum Gasteiger partial charge on any atom is 0.489 e. The zero-order valence-electron chi connectivity index (χ0n) is 36.0. The second kappa shape index (κ2) is 21.8. The average molecular weight is 1000 g/mol. The van der Waals surface area contributed by atoms with Crippen molar-refractivity contribution in [1.82, 2.24) is 0 Å². The summed E-state index contributed by atoms with van der Waals surface area (Å²) >= 11 is 7.02. The topological polar surface area (TPSA) is 91.7 Å². The summed E-state index contributed by atoms with van der Waals surface area (Å²) in [4.78, 5) is 39.1. The maximum atomic E-state index is 13.5. The Morgan fingerprint density at radius 1 is 0.299 bits per heavy atom. The number of carbonyl (C=O) groups is 3. The fraction of sp³-hybridized carbons (Fsp3) is 0. The van der Waals surface area contributed by atoms with Crippen molar-refractivity contribution in [2.75, 3.05) is 0 Å². The van der Waals surface area contributed by atoms with Gasteiger partial charge in [0.1, 0.15) is 0 Å². The zero-order chi connectivity index (χ0) is 46.7. The van der Waals surface area contributed by atoms with Crippen LogP contribution >= 0.6 is 31.9 Å². The molecule has 0 radical (unpaired) electrons. The van der Waals surface area contributed by atoms with Gasteiger partial charge in [0.05, 0.1) is 0 Å². The molecule has 0 heterocycles. The molecular formula is C59H41BBr2O5. The lowest BCUT2D eigenvalue weighted by molar-refractivity contribution is 0.103. The summed E-state index contributed by atoms with van der Waals surface area (Å²) in [5, 5.41) is 22.9. The van der Waals surface area contributed by atoms with Gasteiger partial charge in [-0.15, -0.1) is 0 Å². The Morgan fingerprint density at radius 3 is 1.00 bits per heavy atom. The molecule has 8 heteroatoms. The quantitative estimate of drug-likeness (QED) is 0.111. The monoisotopic (exact) mass is 998 g/mol. The van der Waals surface area contributed by atoms with Gasteiger partial charge in [0.2, 0.25) is 0 Å². The molecule has 0 unspecified atom stereocenters. The summed E-state index contributed by atoms with van der Waals surface area (Å²) in [7, 11) is -1.64. The van der Waals surface area contributed by atoms with Gasteiger partial charge in [-0.05, 0) is 61.4 Å². The third-order valence-electron chi connectivity index (χ3n) is 11.3. The minimum Gasteiger partial charge on any atom is -0.423 e. The van der Waals surface area contributed by atoms with Crippen LogP contribution in [-0.2, 0) is 0 Å². The number of fused-ring (bicyclic) bond motifs is 2. The second-order valence-electron chi connectivity index (χ2n) is 15.4. The summed E-state index contributed by atoms with van der Waals surface area (Å²) in [6, 6.07) is 74.2. The first-order valence-electron chi connectivity index (χ1n) is 21.5. The average Bonchev–Trinajstić information content (AvgIpc) is 3.39. The van der Waals surface area contributed by atoms with E-state index in [2.05, 4.69) is 80.4 Å². The fourth-order valence-corrected chi connectivity index (χ4v) is 9.01. The van der Waals surface area contributed by atoms with Crippen molar-refractivity contribution < 1.29 is 24.4 Å². The smallest absolute Gasteiger partial charge is 0.423 e. The molecule has 10 aromatic rings. The van der Waals surface area contributed by atoms with Gasteiger partial charge in [0.15, 0.2) is 17.3 Å². The summed E-state index contributed by atoms with van der Waals surface area (Å²) in [6.07, 6.45) is 0. The van der Waals surface area contributed by atoms with Crippen LogP contribution in [0.3, 0.4) is 0 Å². The maximum absolute atomic E-state index is 13.5. The molecule has 0 amide bonds. The highest BCUT2D eigenvalue weighted by atomic mass is 79.9. The summed E-state index contributed by atoms with van der Waals surface area (Å²) in [6.45, 7) is 0. The van der Waals surface area contributed by atoms with Crippen LogP contribution in [-0.4, -0.2) is 34.5 Å². The minimum absolute atomic E-state index is 0.00633. The molecule has 0 fully saturated rings. The summed E-state index contributed by atoms with van der Waals surface area (Å²) < 4.78 is 2.28. The molecule has 10 rings (SSSR count). The van der Waals surface area contributed by atoms with E-state index >= 15 is 0 Å². The zero-order valence-corrected chi connectivity index (χ0v) is 39.1. The first-order valence-corrected chi connectivity index (χ1v) is 23.1. The number of hydrogen-bond acceptors (Lipinski definition) is 5. The fourth-order valence-electron chi connectivity index (χ4n) is 8.01. The lowest BCUT2D eigenvalue weighted by atomic mass is 9.75. The molecule has 0 aromatic heterocycles. The molecule has 5 nitrogen and oxygen atoms in total. The third kappa shape index (κ3) is 10.5. The molecular weight excluding hydrogens is 959 g/mol. The Kier molecular flexibility index (Phi) is 15.0. The molecule has 67 heavy (non-hydrogen) atoms. The lowest BCUT2D eigenvalue weighted by Crippen LogP contribution is -2.34. The molecule has 0 atom stereocenters. The molecule has 0 aliphatic carbocycles. The van der Waals surface area contributed by atoms with Crippen LogP contribution < -0.4 is 5.46 Å². The SMILES string of the molecule is Brc1cccc2c(Br)cccc12.O=C(c1ccccc1)c1ccccc1-c1cccc2c(-c3ccccc3C(=O)c3ccccc3)cccc12.O=C(c1ccccc1)c1ccccc1B(O)O. The highest BCUT2D eigenvalue weighted by Gasteiger charge is 2.21. The second-order valence-corrected chi connectivity index (χ2v) is 17.1. The van der Waals surface area contributed by atoms with E-state index in [0.29, 0.717) is 33.4 Å². The van der Waals surface area contributed by atoms with Crippen LogP contribution in [0.1, 0.15) is 47.8 Å². The number of ketones is 3. The number of rotatable bonds is 9. The van der Waals surface area contributed by atoms with E-state index < -0.39 is 7.12 Å². The van der Waals surface area contributed by atoms with Gasteiger partial charge in [-0.1, -0.05) is 256 Å². The largest absolute Gasteiger partial charge is 0.489 e. The Bertz CT molecular complexity index is 3180. The van der Waals surface area contributed by atoms with Crippen LogP contribution in [0, 0.1) is 0 Å². The first kappa shape index (κ1) is 46.2. The van der Waals surface area contributed by atoms with E-state index in [-0.39, 0.29) is 22.8 Å². The van der Waals surface area contributed by atoms with Crippen molar-refractivity contribution in [3.8, 4) is 22.3 Å². The van der Waals surface area contributed by atoms with E-state index in [1.54, 1.807) is 42.5 Å². The highest BCUT2D eigenvalue weighted by Crippen LogP contribution is 2.38. The van der Waals surface area contributed by atoms with Gasteiger partial charge in [0, 0.05) is 42.3 Å². The van der Waals surface area contributed by atoms with E-state index in [1.807, 2.05) is 140 Å². The number of hydrogen-bond donors (Lipinski definition) is 2. The van der Waals surface area contributed by atoms with E-state index in [4.69, 9.17) is 0 Å². The Hall–Kier alpha value is -7.33. The van der Waals surface area contributed by atoms with Crippen molar-refractivity contribution >= 4 is 83.3 Å². The van der Waals surface area contributed by atoms with Gasteiger partial charge in [-0.2, -0.15) is 0 Å². The predicted molar refractivity (Wildman–Crippen MR) is 280 cm³/mol. The van der Waals surface area contributed by atoms with Crippen molar-refractivity contribution in [1.29, 1.82) is 0 Å². The normalized spacial score (nSPS) is 10.6. The molecule has 0 saturated carbocycles. The first-order chi connectivity index (χ1) is 32.7. The molecule has 2 N–H and O–H groups in total. The van der Waals surface area contributed by atoms with Gasteiger partial charge in [0.25, 0.3) is 0 Å². The van der Waals surface area contributed by atoms with Gasteiger partial charge >= 0.3 is 7.12 Å². The number of halogens is 2. The van der Waals surface area contributed by atoms with Gasteiger partial charge in [-0.25, -0.2) is 0 Å². The molecule has 0 aliphatic rings. The number of benzene rings is 10. The summed E-state index contributed by atoms with van der Waals surface area (Å²) in [5.41, 5.74) is 7.45. The Morgan fingerprint density at radius 2 is 0.597 bits per heavy atom. The molecule has 0 bridgehead atoms. The van der Waals surface area contributed by atoms with E-state index in [0.717, 1.165) is 42.0 Å². The lowest BCUT2D eigenvalue weighted by Gasteiger charge is -2.15. The van der Waals surface area contributed by atoms with Crippen molar-refractivity contribution in [3.05, 3.63) is 279 Å². The van der Waals surface area contributed by atoms with Crippen LogP contribution in [0.2, 0.25) is 0 Å². The molecule has 324 valence electrons. The molecule has 10 aromatic carbocycles. The predicted octanol–water partition coefficient (Wildman–Crippen LogP) is 13.6. The van der Waals surface area contributed by atoms with Gasteiger partial charge in [-0.3, -0.25) is 14.4 Å². The van der Waals surface area contributed by atoms with Crippen molar-refractivity contribution in [2.45, 2.75) is 0 Å². The van der Waals surface area contributed by atoms with Crippen LogP contribution in [0.25, 0.3) is 43.8 Å². The van der Waals surface area contributed by atoms with E-state index in [1.165, 1.54) is 16.8 Å². The Labute approximate surface area is 406 Å². The Balaban J connectivity index is 0.000000171. The van der Waals surface area contributed by atoms with Crippen LogP contribution in [0.5, 0.6) is 0 Å². The minimum atomic E-state index is -1.64. The van der Waals surface area contributed by atoms with Crippen LogP contribution in [0.4, 0.5) is 0 Å². The van der Waals surface area contributed by atoms with Crippen LogP contribution in [0.15, 0.2) is 246 Å². The van der Waals surface area contributed by atoms with Crippen molar-refractivity contribution in [2.24, 2.45) is 0 Å². The third-order valence-corrected chi connectivity index (χ3v) is 12.6. The standard InChI is InChI=1S/C36H24O2.C13H11BO3.C10H6Br2/c37-35(25-13-3-1-4-14-25)33-19-9-7-17-31(33)29-23-11-22-28-27(29)21-12-24-30(28)32-18-8-10-20-34(32)36(38)26-15-5-2-6-16-26;15-13(10-6-2-1-3-7-10)11-8-4-5-9-12(11)14(16)17;11-9-5-1-3-7-8(9)4-2-6-10(7)12/h1-24H;1-9,16-17H;1-6H. The molecule has 0 aliphatic heterocycles. The number of carbonyl (C=O) groups excluding carboxylic acids is 3. The van der Waals surface area contributed by atoms with Crippen molar-refractivity contribution in [3.63, 3.8) is 0 Å².